The molecule has 0 radical (unpaired) electrons. The highest BCUT2D eigenvalue weighted by Crippen LogP contribution is 2.28. The molecule has 0 saturated heterocycles. The van der Waals surface area contributed by atoms with Crippen LogP contribution in [0.15, 0.2) is 47.5 Å². The van der Waals surface area contributed by atoms with E-state index < -0.39 is 0 Å². The van der Waals surface area contributed by atoms with Crippen molar-refractivity contribution >= 4 is 21.7 Å². The van der Waals surface area contributed by atoms with E-state index in [9.17, 15) is 4.39 Å². The molecular formula is C15H12BrFN4. The molecule has 6 heteroatoms. The first-order valence-electron chi connectivity index (χ1n) is 6.26. The maximum Gasteiger partial charge on any atom is 0.137 e. The minimum Gasteiger partial charge on any atom is -0.384 e. The molecule has 0 aliphatic rings. The highest BCUT2D eigenvalue weighted by molar-refractivity contribution is 9.10. The number of aryl methyl sites for hydroxylation is 1. The van der Waals surface area contributed by atoms with Crippen molar-refractivity contribution in [1.82, 2.24) is 14.5 Å². The largest absolute Gasteiger partial charge is 0.384 e. The number of rotatable bonds is 2. The van der Waals surface area contributed by atoms with Gasteiger partial charge in [-0.2, -0.15) is 0 Å². The first-order valence-corrected chi connectivity index (χ1v) is 7.06. The Bertz CT molecular complexity index is 796. The second-order valence-corrected chi connectivity index (χ2v) is 5.53. The maximum absolute atomic E-state index is 13.6. The number of pyridine rings is 1. The molecule has 0 saturated carbocycles. The molecule has 2 N–H and O–H groups in total. The smallest absolute Gasteiger partial charge is 0.137 e. The predicted octanol–water partition coefficient (Wildman–Crippen LogP) is 3.73. The number of nitrogen functional groups attached to an aromatic ring is 1. The third kappa shape index (κ3) is 2.54. The molecule has 3 aromatic rings. The molecule has 1 aromatic carbocycles. The van der Waals surface area contributed by atoms with Gasteiger partial charge in [0, 0.05) is 11.8 Å². The second kappa shape index (κ2) is 5.29. The number of hydrogen-bond donors (Lipinski definition) is 1. The van der Waals surface area contributed by atoms with Gasteiger partial charge in [-0.1, -0.05) is 0 Å². The third-order valence-electron chi connectivity index (χ3n) is 3.22. The van der Waals surface area contributed by atoms with Gasteiger partial charge in [0.1, 0.15) is 11.6 Å². The Labute approximate surface area is 129 Å². The van der Waals surface area contributed by atoms with Crippen LogP contribution in [0.2, 0.25) is 0 Å². The molecule has 0 atom stereocenters. The molecule has 21 heavy (non-hydrogen) atoms. The van der Waals surface area contributed by atoms with Gasteiger partial charge in [0.2, 0.25) is 0 Å². The highest BCUT2D eigenvalue weighted by atomic mass is 79.9. The lowest BCUT2D eigenvalue weighted by atomic mass is 10.1. The van der Waals surface area contributed by atoms with Crippen molar-refractivity contribution in [2.75, 3.05) is 5.73 Å². The van der Waals surface area contributed by atoms with Gasteiger partial charge in [-0.25, -0.2) is 14.4 Å². The summed E-state index contributed by atoms with van der Waals surface area (Å²) in [4.78, 5) is 8.28. The highest BCUT2D eigenvalue weighted by Gasteiger charge is 2.12. The monoisotopic (exact) mass is 346 g/mol. The van der Waals surface area contributed by atoms with Gasteiger partial charge in [0.25, 0.3) is 0 Å². The van der Waals surface area contributed by atoms with Crippen molar-refractivity contribution in [3.8, 4) is 16.9 Å². The van der Waals surface area contributed by atoms with Gasteiger partial charge in [0.15, 0.2) is 0 Å². The Morgan fingerprint density at radius 1 is 1.24 bits per heavy atom. The van der Waals surface area contributed by atoms with Crippen LogP contribution in [0.5, 0.6) is 0 Å². The summed E-state index contributed by atoms with van der Waals surface area (Å²) in [6.45, 7) is 1.86. The van der Waals surface area contributed by atoms with Crippen molar-refractivity contribution < 1.29 is 4.39 Å². The molecule has 0 fully saturated rings. The Kier molecular flexibility index (Phi) is 3.47. The summed E-state index contributed by atoms with van der Waals surface area (Å²) >= 11 is 3.22. The molecule has 0 amide bonds. The topological polar surface area (TPSA) is 56.7 Å². The number of nitrogens with zero attached hydrogens (tertiary/aromatic N) is 3. The SMILES string of the molecule is Cc1cc(F)c(Br)cc1-n1cncc1-c1ccc(N)nc1. The van der Waals surface area contributed by atoms with Gasteiger partial charge >= 0.3 is 0 Å². The van der Waals surface area contributed by atoms with E-state index in [2.05, 4.69) is 25.9 Å². The van der Waals surface area contributed by atoms with E-state index in [1.54, 1.807) is 30.9 Å². The molecule has 106 valence electrons. The van der Waals surface area contributed by atoms with Crippen molar-refractivity contribution in [2.45, 2.75) is 6.92 Å². The second-order valence-electron chi connectivity index (χ2n) is 4.67. The van der Waals surface area contributed by atoms with E-state index in [1.165, 1.54) is 6.07 Å². The molecule has 0 unspecified atom stereocenters. The standard InChI is InChI=1S/C15H12BrFN4/c1-9-4-12(17)11(16)5-13(9)21-8-19-7-14(21)10-2-3-15(18)20-6-10/h2-8H,1H3,(H2,18,20). The molecular weight excluding hydrogens is 335 g/mol. The van der Waals surface area contributed by atoms with Crippen LogP contribution in [-0.2, 0) is 0 Å². The first kappa shape index (κ1) is 13.8. The molecule has 0 bridgehead atoms. The summed E-state index contributed by atoms with van der Waals surface area (Å²) in [7, 11) is 0. The number of halogens is 2. The minimum atomic E-state index is -0.285. The van der Waals surface area contributed by atoms with Crippen LogP contribution in [0.4, 0.5) is 10.2 Å². The number of aromatic nitrogens is 3. The third-order valence-corrected chi connectivity index (χ3v) is 3.83. The van der Waals surface area contributed by atoms with Crippen LogP contribution in [0.25, 0.3) is 16.9 Å². The van der Waals surface area contributed by atoms with E-state index in [-0.39, 0.29) is 5.82 Å². The van der Waals surface area contributed by atoms with Gasteiger partial charge < -0.3 is 5.73 Å². The summed E-state index contributed by atoms with van der Waals surface area (Å²) in [5.41, 5.74) is 9.04. The summed E-state index contributed by atoms with van der Waals surface area (Å²) < 4.78 is 15.9. The number of anilines is 1. The summed E-state index contributed by atoms with van der Waals surface area (Å²) in [5, 5.41) is 0. The average Bonchev–Trinajstić information content (AvgIpc) is 2.93. The molecule has 2 heterocycles. The predicted molar refractivity (Wildman–Crippen MR) is 83.6 cm³/mol. The van der Waals surface area contributed by atoms with E-state index in [0.29, 0.717) is 10.3 Å². The van der Waals surface area contributed by atoms with Gasteiger partial charge in [-0.3, -0.25) is 4.57 Å². The lowest BCUT2D eigenvalue weighted by Crippen LogP contribution is -2.00. The van der Waals surface area contributed by atoms with E-state index >= 15 is 0 Å². The van der Waals surface area contributed by atoms with Crippen molar-refractivity contribution in [3.63, 3.8) is 0 Å². The fourth-order valence-corrected chi connectivity index (χ4v) is 2.48. The van der Waals surface area contributed by atoms with E-state index in [1.807, 2.05) is 17.6 Å². The quantitative estimate of drug-likeness (QED) is 0.769. The molecule has 0 spiro atoms. The number of hydrogen-bond acceptors (Lipinski definition) is 3. The van der Waals surface area contributed by atoms with Crippen molar-refractivity contribution in [3.05, 3.63) is 58.8 Å². The Morgan fingerprint density at radius 3 is 2.76 bits per heavy atom. The Morgan fingerprint density at radius 2 is 2.05 bits per heavy atom. The van der Waals surface area contributed by atoms with Crippen LogP contribution in [0, 0.1) is 12.7 Å². The van der Waals surface area contributed by atoms with Crippen LogP contribution in [0.1, 0.15) is 5.56 Å². The number of imidazole rings is 1. The normalized spacial score (nSPS) is 10.8. The van der Waals surface area contributed by atoms with Gasteiger partial charge in [-0.05, 0) is 52.7 Å². The zero-order valence-corrected chi connectivity index (χ0v) is 12.8. The van der Waals surface area contributed by atoms with Crippen LogP contribution >= 0.6 is 15.9 Å². The maximum atomic E-state index is 13.6. The number of benzene rings is 1. The van der Waals surface area contributed by atoms with E-state index in [4.69, 9.17) is 5.73 Å². The minimum absolute atomic E-state index is 0.285. The zero-order chi connectivity index (χ0) is 15.0. The summed E-state index contributed by atoms with van der Waals surface area (Å²) in [5.74, 6) is 0.178. The molecule has 3 rings (SSSR count). The van der Waals surface area contributed by atoms with Crippen LogP contribution in [0.3, 0.4) is 0 Å². The van der Waals surface area contributed by atoms with Crippen molar-refractivity contribution in [1.29, 1.82) is 0 Å². The fraction of sp³-hybridized carbons (Fsp3) is 0.0667. The Hall–Kier alpha value is -2.21. The molecule has 4 nitrogen and oxygen atoms in total. The molecule has 0 aliphatic carbocycles. The fourth-order valence-electron chi connectivity index (χ4n) is 2.15. The summed E-state index contributed by atoms with van der Waals surface area (Å²) in [6.07, 6.45) is 5.12. The summed E-state index contributed by atoms with van der Waals surface area (Å²) in [6, 6.07) is 6.84. The molecule has 0 aliphatic heterocycles. The average molecular weight is 347 g/mol. The van der Waals surface area contributed by atoms with Crippen LogP contribution in [-0.4, -0.2) is 14.5 Å². The lowest BCUT2D eigenvalue weighted by molar-refractivity contribution is 0.619. The van der Waals surface area contributed by atoms with E-state index in [0.717, 1.165) is 22.5 Å². The zero-order valence-electron chi connectivity index (χ0n) is 11.2. The van der Waals surface area contributed by atoms with Gasteiger partial charge in [0.05, 0.1) is 28.4 Å². The van der Waals surface area contributed by atoms with Crippen LogP contribution < -0.4 is 5.73 Å². The van der Waals surface area contributed by atoms with Gasteiger partial charge in [-0.15, -0.1) is 0 Å². The molecule has 2 aromatic heterocycles. The van der Waals surface area contributed by atoms with Crippen molar-refractivity contribution in [2.24, 2.45) is 0 Å². The number of nitrogens with two attached hydrogens (primary N) is 1. The Balaban J connectivity index is 2.15. The lowest BCUT2D eigenvalue weighted by Gasteiger charge is -2.12. The first-order chi connectivity index (χ1) is 10.1.